The minimum Gasteiger partial charge on any atom is -0.481 e. The molecular formula is C18H34O8. The normalized spacial score (nSPS) is 9.15. The molecule has 0 unspecified atom stereocenters. The summed E-state index contributed by atoms with van der Waals surface area (Å²) in [4.78, 5) is 38.6. The van der Waals surface area contributed by atoms with Crippen LogP contribution in [0, 0.1) is 0 Å². The van der Waals surface area contributed by atoms with E-state index in [9.17, 15) is 19.2 Å². The zero-order valence-electron chi connectivity index (χ0n) is 15.9. The summed E-state index contributed by atoms with van der Waals surface area (Å²) in [6.45, 7) is 4.54. The van der Waals surface area contributed by atoms with Gasteiger partial charge in [0.2, 0.25) is 0 Å². The van der Waals surface area contributed by atoms with Crippen molar-refractivity contribution in [3.63, 3.8) is 0 Å². The first kappa shape index (κ1) is 28.7. The maximum absolute atomic E-state index is 9.64. The van der Waals surface area contributed by atoms with Crippen LogP contribution >= 0.6 is 0 Å². The van der Waals surface area contributed by atoms with E-state index in [0.717, 1.165) is 0 Å². The lowest BCUT2D eigenvalue weighted by Crippen LogP contribution is -2.00. The van der Waals surface area contributed by atoms with E-state index in [4.69, 9.17) is 20.4 Å². The molecule has 0 heterocycles. The molecule has 0 aromatic heterocycles. The van der Waals surface area contributed by atoms with Gasteiger partial charge in [-0.25, -0.2) is 0 Å². The lowest BCUT2D eigenvalue weighted by atomic mass is 10.1. The highest BCUT2D eigenvalue weighted by atomic mass is 16.4. The van der Waals surface area contributed by atoms with Crippen LogP contribution in [-0.4, -0.2) is 44.3 Å². The Hall–Kier alpha value is -2.12. The smallest absolute Gasteiger partial charge is 0.303 e. The lowest BCUT2D eigenvalue weighted by Gasteiger charge is -1.97. The Morgan fingerprint density at radius 1 is 0.462 bits per heavy atom. The van der Waals surface area contributed by atoms with Gasteiger partial charge in [0.05, 0.1) is 25.7 Å². The van der Waals surface area contributed by atoms with Crippen molar-refractivity contribution in [2.24, 2.45) is 0 Å². The Morgan fingerprint density at radius 3 is 0.808 bits per heavy atom. The molecule has 0 spiro atoms. The molecule has 8 nitrogen and oxygen atoms in total. The third-order valence-corrected chi connectivity index (χ3v) is 3.06. The second-order valence-corrected chi connectivity index (χ2v) is 5.70. The first-order valence-corrected chi connectivity index (χ1v) is 9.04. The molecule has 0 rings (SSSR count). The summed E-state index contributed by atoms with van der Waals surface area (Å²) in [6, 6.07) is 0. The van der Waals surface area contributed by atoms with Gasteiger partial charge in [0, 0.05) is 0 Å². The highest BCUT2D eigenvalue weighted by Crippen LogP contribution is 2.07. The van der Waals surface area contributed by atoms with Crippen LogP contribution < -0.4 is 0 Å². The number of carbonyl (C=O) groups is 4. The summed E-state index contributed by atoms with van der Waals surface area (Å²) in [5.74, 6) is -4.31. The molecule has 4 N–H and O–H groups in total. The van der Waals surface area contributed by atoms with Crippen LogP contribution in [0.5, 0.6) is 0 Å². The van der Waals surface area contributed by atoms with E-state index < -0.39 is 23.9 Å². The largest absolute Gasteiger partial charge is 0.481 e. The molecule has 0 fully saturated rings. The van der Waals surface area contributed by atoms with Crippen molar-refractivity contribution in [2.75, 3.05) is 0 Å². The Balaban J connectivity index is -0.000000308. The Morgan fingerprint density at radius 2 is 0.654 bits per heavy atom. The number of unbranched alkanes of at least 4 members (excludes halogenated alkanes) is 7. The SMILES string of the molecule is CCCCCCCCCC.O=C(O)CCC(=O)O.O=C(O)CCC(=O)O. The van der Waals surface area contributed by atoms with Crippen LogP contribution in [0.1, 0.15) is 90.9 Å². The van der Waals surface area contributed by atoms with Crippen molar-refractivity contribution < 1.29 is 39.6 Å². The van der Waals surface area contributed by atoms with Crippen molar-refractivity contribution in [1.82, 2.24) is 0 Å². The predicted octanol–water partition coefficient (Wildman–Crippen LogP) is 4.02. The highest BCUT2D eigenvalue weighted by Gasteiger charge is 2.01. The molecule has 0 saturated heterocycles. The summed E-state index contributed by atoms with van der Waals surface area (Å²) >= 11 is 0. The molecule has 0 aliphatic carbocycles. The molecule has 0 saturated carbocycles. The molecular weight excluding hydrogens is 344 g/mol. The number of carboxylic acid groups (broad SMARTS) is 4. The van der Waals surface area contributed by atoms with E-state index in [1.54, 1.807) is 0 Å². The van der Waals surface area contributed by atoms with Gasteiger partial charge < -0.3 is 20.4 Å². The number of aliphatic carboxylic acids is 4. The summed E-state index contributed by atoms with van der Waals surface area (Å²) in [6.07, 6.45) is 10.3. The molecule has 0 atom stereocenters. The number of hydrogen-bond acceptors (Lipinski definition) is 4. The van der Waals surface area contributed by atoms with Crippen molar-refractivity contribution >= 4 is 23.9 Å². The van der Waals surface area contributed by atoms with Crippen molar-refractivity contribution in [3.8, 4) is 0 Å². The molecule has 0 bridgehead atoms. The van der Waals surface area contributed by atoms with Crippen molar-refractivity contribution in [3.05, 3.63) is 0 Å². The van der Waals surface area contributed by atoms with E-state index in [1.165, 1.54) is 51.4 Å². The molecule has 0 aliphatic rings. The molecule has 154 valence electrons. The summed E-state index contributed by atoms with van der Waals surface area (Å²) < 4.78 is 0. The highest BCUT2D eigenvalue weighted by molar-refractivity contribution is 5.75. The zero-order chi connectivity index (χ0) is 20.8. The van der Waals surface area contributed by atoms with Crippen LogP contribution in [0.2, 0.25) is 0 Å². The van der Waals surface area contributed by atoms with Gasteiger partial charge in [-0.15, -0.1) is 0 Å². The monoisotopic (exact) mass is 378 g/mol. The standard InChI is InChI=1S/C10H22.2C4H6O4/c1-3-5-7-9-10-8-6-4-2;2*5-3(6)1-2-4(7)8/h3-10H2,1-2H3;2*1-2H2,(H,5,6)(H,7,8). The second kappa shape index (κ2) is 22.9. The van der Waals surface area contributed by atoms with Crippen molar-refractivity contribution in [2.45, 2.75) is 90.9 Å². The van der Waals surface area contributed by atoms with Crippen molar-refractivity contribution in [1.29, 1.82) is 0 Å². The fourth-order valence-electron chi connectivity index (χ4n) is 1.63. The quantitative estimate of drug-likeness (QED) is 0.351. The first-order valence-electron chi connectivity index (χ1n) is 9.04. The predicted molar refractivity (Wildman–Crippen MR) is 97.3 cm³/mol. The van der Waals surface area contributed by atoms with Crippen LogP contribution in [-0.2, 0) is 19.2 Å². The van der Waals surface area contributed by atoms with Gasteiger partial charge in [0.25, 0.3) is 0 Å². The van der Waals surface area contributed by atoms with Crippen LogP contribution in [0.15, 0.2) is 0 Å². The summed E-state index contributed by atoms with van der Waals surface area (Å²) in [5.41, 5.74) is 0. The van der Waals surface area contributed by atoms with Gasteiger partial charge in [0.1, 0.15) is 0 Å². The Kier molecular flexibility index (Phi) is 25.2. The Labute approximate surface area is 155 Å². The van der Waals surface area contributed by atoms with E-state index in [2.05, 4.69) is 13.8 Å². The average Bonchev–Trinajstić information content (AvgIpc) is 2.55. The maximum Gasteiger partial charge on any atom is 0.303 e. The summed E-state index contributed by atoms with van der Waals surface area (Å²) in [7, 11) is 0. The fourth-order valence-corrected chi connectivity index (χ4v) is 1.63. The van der Waals surface area contributed by atoms with Crippen LogP contribution in [0.3, 0.4) is 0 Å². The van der Waals surface area contributed by atoms with E-state index in [1.807, 2.05) is 0 Å². The number of carboxylic acids is 4. The third-order valence-electron chi connectivity index (χ3n) is 3.06. The third kappa shape index (κ3) is 43.1. The lowest BCUT2D eigenvalue weighted by molar-refractivity contribution is -0.143. The first-order chi connectivity index (χ1) is 12.2. The average molecular weight is 378 g/mol. The zero-order valence-corrected chi connectivity index (χ0v) is 15.9. The minimum absolute atomic E-state index is 0.296. The molecule has 8 heteroatoms. The molecule has 0 aliphatic heterocycles. The van der Waals surface area contributed by atoms with Gasteiger partial charge >= 0.3 is 23.9 Å². The molecule has 0 radical (unpaired) electrons. The van der Waals surface area contributed by atoms with Crippen LogP contribution in [0.4, 0.5) is 0 Å². The summed E-state index contributed by atoms with van der Waals surface area (Å²) in [5, 5.41) is 31.6. The molecule has 0 aromatic rings. The minimum atomic E-state index is -1.08. The Bertz CT molecular complexity index is 315. The second-order valence-electron chi connectivity index (χ2n) is 5.70. The maximum atomic E-state index is 9.64. The fraction of sp³-hybridized carbons (Fsp3) is 0.778. The van der Waals surface area contributed by atoms with Gasteiger partial charge in [-0.3, -0.25) is 19.2 Å². The van der Waals surface area contributed by atoms with Gasteiger partial charge in [-0.05, 0) is 0 Å². The van der Waals surface area contributed by atoms with E-state index in [-0.39, 0.29) is 25.7 Å². The topological polar surface area (TPSA) is 149 Å². The molecule has 26 heavy (non-hydrogen) atoms. The van der Waals surface area contributed by atoms with Gasteiger partial charge in [-0.1, -0.05) is 65.2 Å². The van der Waals surface area contributed by atoms with Gasteiger partial charge in [0.15, 0.2) is 0 Å². The molecule has 0 aromatic carbocycles. The number of rotatable bonds is 13. The van der Waals surface area contributed by atoms with Gasteiger partial charge in [-0.2, -0.15) is 0 Å². The molecule has 0 amide bonds. The van der Waals surface area contributed by atoms with Crippen LogP contribution in [0.25, 0.3) is 0 Å². The van der Waals surface area contributed by atoms with E-state index >= 15 is 0 Å². The van der Waals surface area contributed by atoms with E-state index in [0.29, 0.717) is 0 Å². The number of hydrogen-bond donors (Lipinski definition) is 4.